The maximum atomic E-state index is 9.41. The van der Waals surface area contributed by atoms with E-state index in [1.54, 1.807) is 12.1 Å². The molecule has 1 aromatic heterocycles. The molecule has 0 amide bonds. The van der Waals surface area contributed by atoms with Crippen molar-refractivity contribution in [2.24, 2.45) is 0 Å². The molecule has 1 aliphatic rings. The highest BCUT2D eigenvalue weighted by Crippen LogP contribution is 2.20. The number of aromatic hydroxyl groups is 1. The van der Waals surface area contributed by atoms with E-state index in [-0.39, 0.29) is 5.75 Å². The summed E-state index contributed by atoms with van der Waals surface area (Å²) in [5, 5.41) is 16.3. The molecule has 2 aromatic carbocycles. The van der Waals surface area contributed by atoms with Crippen LogP contribution in [-0.2, 0) is 13.0 Å². The van der Waals surface area contributed by atoms with Gasteiger partial charge in [0.05, 0.1) is 5.69 Å². The number of hydrogen-bond donors (Lipinski definition) is 3. The third-order valence-corrected chi connectivity index (χ3v) is 6.32. The second-order valence-electron chi connectivity index (χ2n) is 8.76. The number of phenols is 1. The van der Waals surface area contributed by atoms with E-state index in [2.05, 4.69) is 51.7 Å². The summed E-state index contributed by atoms with van der Waals surface area (Å²) in [4.78, 5) is 11.6. The van der Waals surface area contributed by atoms with Crippen molar-refractivity contribution < 1.29 is 5.11 Å². The zero-order valence-corrected chi connectivity index (χ0v) is 19.5. The molecule has 0 saturated carbocycles. The van der Waals surface area contributed by atoms with E-state index in [0.29, 0.717) is 12.0 Å². The van der Waals surface area contributed by atoms with Gasteiger partial charge in [0.15, 0.2) is 0 Å². The quantitative estimate of drug-likeness (QED) is 0.404. The molecule has 1 aliphatic heterocycles. The van der Waals surface area contributed by atoms with Crippen molar-refractivity contribution in [3.05, 3.63) is 71.9 Å². The lowest BCUT2D eigenvalue weighted by molar-refractivity contribution is 0.264. The first-order valence-electron chi connectivity index (χ1n) is 12.1. The van der Waals surface area contributed by atoms with Gasteiger partial charge in [-0.3, -0.25) is 4.90 Å². The van der Waals surface area contributed by atoms with Crippen molar-refractivity contribution >= 4 is 5.95 Å². The van der Waals surface area contributed by atoms with Crippen LogP contribution in [0.25, 0.3) is 11.3 Å². The van der Waals surface area contributed by atoms with E-state index in [1.165, 1.54) is 31.4 Å². The van der Waals surface area contributed by atoms with Crippen LogP contribution in [0.5, 0.6) is 5.75 Å². The Hall–Kier alpha value is -2.96. The third-order valence-electron chi connectivity index (χ3n) is 6.32. The second kappa shape index (κ2) is 11.8. The Bertz CT molecular complexity index is 1000. The van der Waals surface area contributed by atoms with E-state index < -0.39 is 0 Å². The zero-order valence-electron chi connectivity index (χ0n) is 19.5. The van der Waals surface area contributed by atoms with Gasteiger partial charge in [0.1, 0.15) is 5.75 Å². The Balaban J connectivity index is 1.34. The van der Waals surface area contributed by atoms with Gasteiger partial charge in [-0.15, -0.1) is 0 Å². The van der Waals surface area contributed by atoms with Crippen LogP contribution in [0.3, 0.4) is 0 Å². The van der Waals surface area contributed by atoms with Crippen LogP contribution in [0.2, 0.25) is 0 Å². The van der Waals surface area contributed by atoms with Gasteiger partial charge in [0.25, 0.3) is 0 Å². The molecular formula is C27H35N5O. The summed E-state index contributed by atoms with van der Waals surface area (Å²) in [6.07, 6.45) is 6.49. The molecule has 3 N–H and O–H groups in total. The molecule has 1 atom stereocenters. The number of benzene rings is 2. The van der Waals surface area contributed by atoms with Crippen LogP contribution < -0.4 is 10.6 Å². The van der Waals surface area contributed by atoms with Crippen LogP contribution in [0.15, 0.2) is 60.8 Å². The first-order valence-corrected chi connectivity index (χ1v) is 12.1. The predicted octanol–water partition coefficient (Wildman–Crippen LogP) is 4.47. The molecule has 3 aromatic rings. The zero-order chi connectivity index (χ0) is 22.9. The van der Waals surface area contributed by atoms with Gasteiger partial charge < -0.3 is 15.7 Å². The molecule has 1 fully saturated rings. The lowest BCUT2D eigenvalue weighted by Crippen LogP contribution is -2.30. The van der Waals surface area contributed by atoms with Crippen LogP contribution in [-0.4, -0.2) is 52.2 Å². The largest absolute Gasteiger partial charge is 0.508 e. The van der Waals surface area contributed by atoms with Gasteiger partial charge in [-0.05, 0) is 80.7 Å². The fourth-order valence-electron chi connectivity index (χ4n) is 4.36. The minimum Gasteiger partial charge on any atom is -0.508 e. The molecule has 33 heavy (non-hydrogen) atoms. The topological polar surface area (TPSA) is 73.3 Å². The maximum Gasteiger partial charge on any atom is 0.223 e. The molecule has 1 saturated heterocycles. The highest BCUT2D eigenvalue weighted by Gasteiger charge is 2.15. The monoisotopic (exact) mass is 445 g/mol. The first-order chi connectivity index (χ1) is 16.2. The van der Waals surface area contributed by atoms with Gasteiger partial charge in [0, 0.05) is 30.9 Å². The van der Waals surface area contributed by atoms with E-state index in [1.807, 2.05) is 24.4 Å². The Morgan fingerprint density at radius 2 is 2.00 bits per heavy atom. The molecule has 2 heterocycles. The molecular weight excluding hydrogens is 410 g/mol. The summed E-state index contributed by atoms with van der Waals surface area (Å²) in [6.45, 7) is 7.29. The fraction of sp³-hybridized carbons (Fsp3) is 0.407. The molecule has 0 aliphatic carbocycles. The van der Waals surface area contributed by atoms with Crippen molar-refractivity contribution in [1.82, 2.24) is 20.2 Å². The summed E-state index contributed by atoms with van der Waals surface area (Å²) < 4.78 is 0. The van der Waals surface area contributed by atoms with Crippen molar-refractivity contribution in [3.8, 4) is 17.0 Å². The van der Waals surface area contributed by atoms with Crippen LogP contribution >= 0.6 is 0 Å². The Morgan fingerprint density at radius 3 is 2.79 bits per heavy atom. The molecule has 0 bridgehead atoms. The normalized spacial score (nSPS) is 15.8. The lowest BCUT2D eigenvalue weighted by atomic mass is 10.1. The average Bonchev–Trinajstić information content (AvgIpc) is 3.37. The summed E-state index contributed by atoms with van der Waals surface area (Å²) in [5.41, 5.74) is 4.52. The number of rotatable bonds is 11. The van der Waals surface area contributed by atoms with E-state index in [0.717, 1.165) is 49.4 Å². The number of nitrogens with zero attached hydrogens (tertiary/aromatic N) is 3. The minimum absolute atomic E-state index is 0.290. The lowest BCUT2D eigenvalue weighted by Gasteiger charge is -2.22. The Kier molecular flexibility index (Phi) is 8.28. The average molecular weight is 446 g/mol. The minimum atomic E-state index is 0.290. The van der Waals surface area contributed by atoms with Crippen LogP contribution in [0, 0.1) is 0 Å². The third kappa shape index (κ3) is 7.01. The Morgan fingerprint density at radius 1 is 1.12 bits per heavy atom. The summed E-state index contributed by atoms with van der Waals surface area (Å²) >= 11 is 0. The molecule has 0 unspecified atom stereocenters. The molecule has 174 valence electrons. The van der Waals surface area contributed by atoms with Crippen molar-refractivity contribution in [3.63, 3.8) is 0 Å². The van der Waals surface area contributed by atoms with Gasteiger partial charge in [0.2, 0.25) is 5.95 Å². The maximum absolute atomic E-state index is 9.41. The number of aromatic nitrogens is 2. The van der Waals surface area contributed by atoms with Gasteiger partial charge in [-0.1, -0.05) is 37.3 Å². The standard InChI is InChI=1S/C27H35N5O/c1-2-32(18-14-24-7-4-15-28-24)20-22-5-3-6-23(19-22)26-13-17-30-27(31-26)29-16-12-21-8-10-25(33)11-9-21/h3,5-6,8-11,13,17,19,24,28,33H,2,4,7,12,14-16,18,20H2,1H3,(H,29,30,31)/t24-/m1/s1. The SMILES string of the molecule is CCN(CC[C@H]1CCCN1)Cc1cccc(-c2ccnc(NCCc3ccc(O)cc3)n2)c1. The molecule has 4 rings (SSSR count). The predicted molar refractivity (Wildman–Crippen MR) is 134 cm³/mol. The number of anilines is 1. The van der Waals surface area contributed by atoms with Gasteiger partial charge in [-0.2, -0.15) is 0 Å². The van der Waals surface area contributed by atoms with Crippen molar-refractivity contribution in [2.45, 2.75) is 45.2 Å². The molecule has 6 heteroatoms. The van der Waals surface area contributed by atoms with E-state index in [4.69, 9.17) is 4.98 Å². The summed E-state index contributed by atoms with van der Waals surface area (Å²) in [5.74, 6) is 0.925. The number of hydrogen-bond acceptors (Lipinski definition) is 6. The number of nitrogens with one attached hydrogen (secondary N) is 2. The molecule has 0 radical (unpaired) electrons. The Labute approximate surface area is 197 Å². The molecule has 6 nitrogen and oxygen atoms in total. The smallest absolute Gasteiger partial charge is 0.223 e. The van der Waals surface area contributed by atoms with E-state index >= 15 is 0 Å². The summed E-state index contributed by atoms with van der Waals surface area (Å²) in [7, 11) is 0. The fourth-order valence-corrected chi connectivity index (χ4v) is 4.36. The first kappa shape index (κ1) is 23.2. The van der Waals surface area contributed by atoms with Crippen LogP contribution in [0.4, 0.5) is 5.95 Å². The summed E-state index contributed by atoms with van der Waals surface area (Å²) in [6, 6.07) is 18.6. The number of phenolic OH excluding ortho intramolecular Hbond substituents is 1. The van der Waals surface area contributed by atoms with Crippen molar-refractivity contribution in [2.75, 3.05) is 31.5 Å². The van der Waals surface area contributed by atoms with E-state index in [9.17, 15) is 5.11 Å². The molecule has 0 spiro atoms. The van der Waals surface area contributed by atoms with Crippen molar-refractivity contribution in [1.29, 1.82) is 0 Å². The highest BCUT2D eigenvalue weighted by atomic mass is 16.3. The highest BCUT2D eigenvalue weighted by molar-refractivity contribution is 5.60. The van der Waals surface area contributed by atoms with Gasteiger partial charge in [-0.25, -0.2) is 9.97 Å². The van der Waals surface area contributed by atoms with Crippen LogP contribution in [0.1, 0.15) is 37.3 Å². The van der Waals surface area contributed by atoms with Gasteiger partial charge >= 0.3 is 0 Å². The second-order valence-corrected chi connectivity index (χ2v) is 8.76.